The van der Waals surface area contributed by atoms with Crippen molar-refractivity contribution in [3.05, 3.63) is 129 Å². The second-order valence-electron chi connectivity index (χ2n) is 12.1. The monoisotopic (exact) mass is 725 g/mol. The van der Waals surface area contributed by atoms with E-state index in [2.05, 4.69) is 5.32 Å². The minimum Gasteiger partial charge on any atom is -0.352 e. The van der Waals surface area contributed by atoms with Gasteiger partial charge in [-0.15, -0.1) is 0 Å². The zero-order valence-corrected chi connectivity index (χ0v) is 29.7. The molecule has 1 atom stereocenters. The Kier molecular flexibility index (Phi) is 12.1. The number of nitrogens with one attached hydrogen (secondary N) is 1. The van der Waals surface area contributed by atoms with Gasteiger partial charge in [-0.3, -0.25) is 13.9 Å². The van der Waals surface area contributed by atoms with E-state index in [0.717, 1.165) is 47.5 Å². The van der Waals surface area contributed by atoms with E-state index in [9.17, 15) is 18.0 Å². The van der Waals surface area contributed by atoms with Crippen molar-refractivity contribution in [3.63, 3.8) is 0 Å². The van der Waals surface area contributed by atoms with Gasteiger partial charge >= 0.3 is 0 Å². The number of para-hydroxylation sites is 1. The first-order chi connectivity index (χ1) is 23.0. The predicted molar refractivity (Wildman–Crippen MR) is 193 cm³/mol. The van der Waals surface area contributed by atoms with Gasteiger partial charge in [-0.2, -0.15) is 0 Å². The summed E-state index contributed by atoms with van der Waals surface area (Å²) in [5.74, 6) is -0.911. The van der Waals surface area contributed by atoms with E-state index < -0.39 is 28.5 Å². The molecule has 0 aliphatic heterocycles. The lowest BCUT2D eigenvalue weighted by atomic mass is 9.94. The third kappa shape index (κ3) is 8.91. The van der Waals surface area contributed by atoms with Crippen LogP contribution in [0, 0.1) is 6.92 Å². The number of aryl methyl sites for hydroxylation is 1. The molecule has 2 amide bonds. The van der Waals surface area contributed by atoms with Gasteiger partial charge < -0.3 is 10.2 Å². The highest BCUT2D eigenvalue weighted by molar-refractivity contribution is 7.92. The first-order valence-electron chi connectivity index (χ1n) is 15.9. The second-order valence-corrected chi connectivity index (χ2v) is 15.2. The first-order valence-corrected chi connectivity index (χ1v) is 18.5. The molecule has 11 heteroatoms. The number of nitrogens with zero attached hydrogens (tertiary/aromatic N) is 2. The molecule has 4 aromatic rings. The van der Waals surface area contributed by atoms with E-state index in [0.29, 0.717) is 15.6 Å². The van der Waals surface area contributed by atoms with E-state index in [4.69, 9.17) is 34.8 Å². The normalized spacial score (nSPS) is 14.2. The van der Waals surface area contributed by atoms with Gasteiger partial charge in [-0.05, 0) is 67.3 Å². The third-order valence-electron chi connectivity index (χ3n) is 8.59. The molecule has 0 bridgehead atoms. The van der Waals surface area contributed by atoms with Crippen LogP contribution < -0.4 is 9.62 Å². The molecule has 0 saturated heterocycles. The quantitative estimate of drug-likeness (QED) is 0.159. The molecule has 0 radical (unpaired) electrons. The summed E-state index contributed by atoms with van der Waals surface area (Å²) in [5.41, 5.74) is 2.43. The summed E-state index contributed by atoms with van der Waals surface area (Å²) in [5, 5.41) is 4.10. The summed E-state index contributed by atoms with van der Waals surface area (Å²) in [7, 11) is -4.28. The fraction of sp³-hybridized carbons (Fsp3) is 0.297. The highest BCUT2D eigenvalue weighted by Gasteiger charge is 2.36. The highest BCUT2D eigenvalue weighted by atomic mass is 35.5. The lowest BCUT2D eigenvalue weighted by Gasteiger charge is -2.35. The third-order valence-corrected chi connectivity index (χ3v) is 11.3. The molecule has 0 heterocycles. The predicted octanol–water partition coefficient (Wildman–Crippen LogP) is 8.24. The number of anilines is 1. The Bertz CT molecular complexity index is 1830. The summed E-state index contributed by atoms with van der Waals surface area (Å²) in [4.78, 5) is 30.4. The van der Waals surface area contributed by atoms with Crippen molar-refractivity contribution >= 4 is 62.3 Å². The lowest BCUT2D eigenvalue weighted by molar-refractivity contribution is -0.140. The van der Waals surface area contributed by atoms with Gasteiger partial charge in [0, 0.05) is 29.1 Å². The molecule has 0 aromatic heterocycles. The maximum atomic E-state index is 14.7. The van der Waals surface area contributed by atoms with Crippen LogP contribution in [0.4, 0.5) is 5.69 Å². The Hall–Kier alpha value is -3.56. The van der Waals surface area contributed by atoms with Crippen molar-refractivity contribution in [3.8, 4) is 0 Å². The number of hydrogen-bond donors (Lipinski definition) is 1. The van der Waals surface area contributed by atoms with Crippen molar-refractivity contribution in [1.82, 2.24) is 10.2 Å². The Morgan fingerprint density at radius 1 is 0.833 bits per heavy atom. The molecule has 0 spiro atoms. The number of hydrogen-bond acceptors (Lipinski definition) is 4. The van der Waals surface area contributed by atoms with Crippen molar-refractivity contribution < 1.29 is 18.0 Å². The molecule has 4 aromatic carbocycles. The smallest absolute Gasteiger partial charge is 0.264 e. The van der Waals surface area contributed by atoms with Crippen LogP contribution in [0.3, 0.4) is 0 Å². The molecule has 48 heavy (non-hydrogen) atoms. The molecular formula is C37H38Cl3N3O4S. The topological polar surface area (TPSA) is 86.8 Å². The number of carbonyl (C=O) groups excluding carboxylic acids is 2. The van der Waals surface area contributed by atoms with Crippen LogP contribution >= 0.6 is 34.8 Å². The summed E-state index contributed by atoms with van der Waals surface area (Å²) in [6, 6.07) is 26.2. The number of sulfonamides is 1. The zero-order valence-electron chi connectivity index (χ0n) is 26.6. The average Bonchev–Trinajstić information content (AvgIpc) is 3.07. The van der Waals surface area contributed by atoms with Crippen molar-refractivity contribution in [2.45, 2.75) is 69.0 Å². The highest BCUT2D eigenvalue weighted by Crippen LogP contribution is 2.32. The van der Waals surface area contributed by atoms with Gasteiger partial charge in [0.2, 0.25) is 11.8 Å². The minimum atomic E-state index is -4.28. The number of carbonyl (C=O) groups is 2. The molecule has 5 rings (SSSR count). The standard InChI is InChI=1S/C37H38Cl3N3O4S/c1-26-16-20-31(21-17-26)48(46,47)43(34-15-9-8-14-32(34)39)25-36(44)42(24-28-18-19-29(38)23-33(28)40)35(22-27-10-4-2-5-11-27)37(45)41-30-12-6-3-7-13-30/h2,4-5,8-11,14-21,23,30,35H,3,6-7,12-13,22,24-25H2,1H3,(H,41,45)/t35-/m0/s1. The van der Waals surface area contributed by atoms with Crippen molar-refractivity contribution in [2.75, 3.05) is 10.8 Å². The van der Waals surface area contributed by atoms with Crippen molar-refractivity contribution in [1.29, 1.82) is 0 Å². The van der Waals surface area contributed by atoms with Crippen LogP contribution in [0.2, 0.25) is 15.1 Å². The van der Waals surface area contributed by atoms with E-state index in [1.165, 1.54) is 17.0 Å². The molecule has 1 saturated carbocycles. The Balaban J connectivity index is 1.59. The maximum Gasteiger partial charge on any atom is 0.264 e. The molecule has 7 nitrogen and oxygen atoms in total. The lowest BCUT2D eigenvalue weighted by Crippen LogP contribution is -2.55. The van der Waals surface area contributed by atoms with Crippen LogP contribution in [0.15, 0.2) is 102 Å². The SMILES string of the molecule is Cc1ccc(S(=O)(=O)N(CC(=O)N(Cc2ccc(Cl)cc2Cl)[C@@H](Cc2ccccc2)C(=O)NC2CCCCC2)c2ccccc2Cl)cc1. The van der Waals surface area contributed by atoms with Gasteiger partial charge in [0.25, 0.3) is 10.0 Å². The fourth-order valence-electron chi connectivity index (χ4n) is 5.94. The molecule has 1 aliphatic carbocycles. The van der Waals surface area contributed by atoms with E-state index in [1.54, 1.807) is 54.6 Å². The molecule has 1 fully saturated rings. The van der Waals surface area contributed by atoms with Crippen LogP contribution in [0.25, 0.3) is 0 Å². The fourth-order valence-corrected chi connectivity index (χ4v) is 8.13. The number of halogens is 3. The van der Waals surface area contributed by atoms with E-state index in [1.807, 2.05) is 37.3 Å². The van der Waals surface area contributed by atoms with Gasteiger partial charge in [0.05, 0.1) is 15.6 Å². The summed E-state index contributed by atoms with van der Waals surface area (Å²) < 4.78 is 29.5. The van der Waals surface area contributed by atoms with Gasteiger partial charge in [-0.1, -0.05) is 120 Å². The number of amides is 2. The molecule has 0 unspecified atom stereocenters. The van der Waals surface area contributed by atoms with Crippen LogP contribution in [-0.4, -0.2) is 43.8 Å². The largest absolute Gasteiger partial charge is 0.352 e. The zero-order chi connectivity index (χ0) is 34.3. The number of benzene rings is 4. The van der Waals surface area contributed by atoms with Crippen molar-refractivity contribution in [2.24, 2.45) is 0 Å². The summed E-state index contributed by atoms with van der Waals surface area (Å²) >= 11 is 19.4. The molecule has 1 aliphatic rings. The molecule has 1 N–H and O–H groups in total. The van der Waals surface area contributed by atoms with Crippen LogP contribution in [0.5, 0.6) is 0 Å². The Morgan fingerprint density at radius 2 is 1.50 bits per heavy atom. The van der Waals surface area contributed by atoms with Gasteiger partial charge in [-0.25, -0.2) is 8.42 Å². The average molecular weight is 727 g/mol. The van der Waals surface area contributed by atoms with Gasteiger partial charge in [0.15, 0.2) is 0 Å². The molecule has 252 valence electrons. The summed E-state index contributed by atoms with van der Waals surface area (Å²) in [6.45, 7) is 1.18. The van der Waals surface area contributed by atoms with E-state index >= 15 is 0 Å². The summed E-state index contributed by atoms with van der Waals surface area (Å²) in [6.07, 6.45) is 5.06. The number of rotatable bonds is 12. The Labute approximate surface area is 297 Å². The Morgan fingerprint density at radius 3 is 2.17 bits per heavy atom. The van der Waals surface area contributed by atoms with E-state index in [-0.39, 0.29) is 40.5 Å². The minimum absolute atomic E-state index is 0.00370. The van der Waals surface area contributed by atoms with Gasteiger partial charge in [0.1, 0.15) is 12.6 Å². The molecular weight excluding hydrogens is 689 g/mol. The van der Waals surface area contributed by atoms with Crippen LogP contribution in [-0.2, 0) is 32.6 Å². The van der Waals surface area contributed by atoms with Crippen LogP contribution in [0.1, 0.15) is 48.8 Å². The first kappa shape index (κ1) is 35.7. The second kappa shape index (κ2) is 16.2. The maximum absolute atomic E-state index is 14.7.